The summed E-state index contributed by atoms with van der Waals surface area (Å²) in [5, 5.41) is 21.3. The minimum Gasteiger partial charge on any atom is -0.393 e. The second kappa shape index (κ2) is 5.39. The fourth-order valence-electron chi connectivity index (χ4n) is 0.891. The number of rotatable bonds is 5. The Hall–Kier alpha value is -0.960. The third-order valence-corrected chi connectivity index (χ3v) is 2.43. The van der Waals surface area contributed by atoms with Gasteiger partial charge in [-0.3, -0.25) is 5.43 Å². The van der Waals surface area contributed by atoms with Crippen LogP contribution in [0.3, 0.4) is 0 Å². The lowest BCUT2D eigenvalue weighted by Gasteiger charge is -2.21. The Labute approximate surface area is 101 Å². The molecule has 0 saturated heterocycles. The fraction of sp³-hybridized carbons (Fsp3) is 0.500. The van der Waals surface area contributed by atoms with E-state index in [0.717, 1.165) is 0 Å². The molecule has 0 bridgehead atoms. The molecule has 6 N–H and O–H groups in total. The van der Waals surface area contributed by atoms with Crippen molar-refractivity contribution in [3.63, 3.8) is 0 Å². The Kier molecular flexibility index (Phi) is 4.42. The van der Waals surface area contributed by atoms with E-state index in [2.05, 4.69) is 36.6 Å². The summed E-state index contributed by atoms with van der Waals surface area (Å²) in [5.74, 6) is 5.91. The van der Waals surface area contributed by atoms with Gasteiger partial charge in [-0.2, -0.15) is 4.98 Å². The van der Waals surface area contributed by atoms with Gasteiger partial charge in [-0.15, -0.1) is 0 Å². The zero-order chi connectivity index (χ0) is 12.2. The standard InChI is InChI=1S/C8H14BrN5O2/c1-8(16,4-15)3-12-6-5(9)2-11-7(13-6)14-10/h2,15-16H,3-4,10H2,1H3,(H2,11,12,13,14). The summed E-state index contributed by atoms with van der Waals surface area (Å²) in [5.41, 5.74) is 1.10. The summed E-state index contributed by atoms with van der Waals surface area (Å²) in [7, 11) is 0. The van der Waals surface area contributed by atoms with Gasteiger partial charge in [-0.05, 0) is 22.9 Å². The van der Waals surface area contributed by atoms with Gasteiger partial charge in [-0.25, -0.2) is 10.8 Å². The molecule has 0 aliphatic carbocycles. The molecule has 1 heterocycles. The smallest absolute Gasteiger partial charge is 0.239 e. The maximum absolute atomic E-state index is 9.59. The predicted octanol–water partition coefficient (Wildman–Crippen LogP) is -0.320. The molecule has 1 unspecified atom stereocenters. The Morgan fingerprint density at radius 1 is 1.62 bits per heavy atom. The molecule has 1 aromatic heterocycles. The van der Waals surface area contributed by atoms with Crippen LogP contribution in [0.4, 0.5) is 11.8 Å². The van der Waals surface area contributed by atoms with Gasteiger partial charge in [0.15, 0.2) is 0 Å². The van der Waals surface area contributed by atoms with E-state index < -0.39 is 5.60 Å². The number of hydrogen-bond acceptors (Lipinski definition) is 7. The van der Waals surface area contributed by atoms with Crippen molar-refractivity contribution in [2.24, 2.45) is 5.84 Å². The molecule has 1 rings (SSSR count). The molecule has 1 aromatic rings. The van der Waals surface area contributed by atoms with Crippen molar-refractivity contribution in [2.45, 2.75) is 12.5 Å². The van der Waals surface area contributed by atoms with Crippen LogP contribution >= 0.6 is 15.9 Å². The van der Waals surface area contributed by atoms with Crippen LogP contribution < -0.4 is 16.6 Å². The van der Waals surface area contributed by atoms with Crippen molar-refractivity contribution >= 4 is 27.7 Å². The topological polar surface area (TPSA) is 116 Å². The van der Waals surface area contributed by atoms with Gasteiger partial charge in [-0.1, -0.05) is 0 Å². The van der Waals surface area contributed by atoms with Gasteiger partial charge in [0.25, 0.3) is 0 Å². The number of nitrogen functional groups attached to an aromatic ring is 1. The van der Waals surface area contributed by atoms with Gasteiger partial charge in [0.1, 0.15) is 11.4 Å². The number of nitrogens with one attached hydrogen (secondary N) is 2. The molecule has 16 heavy (non-hydrogen) atoms. The summed E-state index contributed by atoms with van der Waals surface area (Å²) >= 11 is 3.25. The molecule has 1 atom stereocenters. The molecule has 0 aromatic carbocycles. The first kappa shape index (κ1) is 13.1. The maximum atomic E-state index is 9.59. The van der Waals surface area contributed by atoms with E-state index in [9.17, 15) is 5.11 Å². The number of nitrogens with two attached hydrogens (primary N) is 1. The number of aliphatic hydroxyl groups excluding tert-OH is 1. The first-order chi connectivity index (χ1) is 7.48. The van der Waals surface area contributed by atoms with Crippen LogP contribution in [-0.2, 0) is 0 Å². The van der Waals surface area contributed by atoms with Gasteiger partial charge in [0, 0.05) is 12.7 Å². The maximum Gasteiger partial charge on any atom is 0.239 e. The van der Waals surface area contributed by atoms with E-state index in [1.807, 2.05) is 0 Å². The molecule has 0 radical (unpaired) electrons. The Morgan fingerprint density at radius 3 is 2.88 bits per heavy atom. The third-order valence-electron chi connectivity index (χ3n) is 1.85. The zero-order valence-corrected chi connectivity index (χ0v) is 10.3. The van der Waals surface area contributed by atoms with E-state index in [0.29, 0.717) is 10.3 Å². The number of halogens is 1. The number of hydrogen-bond donors (Lipinski definition) is 5. The highest BCUT2D eigenvalue weighted by atomic mass is 79.9. The number of anilines is 2. The van der Waals surface area contributed by atoms with Crippen LogP contribution in [0.25, 0.3) is 0 Å². The first-order valence-electron chi connectivity index (χ1n) is 4.55. The molecule has 0 spiro atoms. The van der Waals surface area contributed by atoms with Crippen LogP contribution in [-0.4, -0.2) is 38.9 Å². The van der Waals surface area contributed by atoms with Gasteiger partial charge in [0.2, 0.25) is 5.95 Å². The van der Waals surface area contributed by atoms with Crippen LogP contribution in [0, 0.1) is 0 Å². The molecule has 90 valence electrons. The quantitative estimate of drug-likeness (QED) is 0.373. The van der Waals surface area contributed by atoms with E-state index >= 15 is 0 Å². The Morgan fingerprint density at radius 2 is 2.31 bits per heavy atom. The third kappa shape index (κ3) is 3.56. The van der Waals surface area contributed by atoms with Crippen LogP contribution in [0.15, 0.2) is 10.7 Å². The van der Waals surface area contributed by atoms with Crippen molar-refractivity contribution in [2.75, 3.05) is 23.9 Å². The summed E-state index contributed by atoms with van der Waals surface area (Å²) in [6.45, 7) is 1.32. The normalized spacial score (nSPS) is 14.3. The number of aliphatic hydroxyl groups is 2. The molecule has 0 saturated carbocycles. The highest BCUT2D eigenvalue weighted by molar-refractivity contribution is 9.10. The minimum absolute atomic E-state index is 0.156. The van der Waals surface area contributed by atoms with Gasteiger partial charge < -0.3 is 15.5 Å². The monoisotopic (exact) mass is 291 g/mol. The van der Waals surface area contributed by atoms with Crippen molar-refractivity contribution in [3.05, 3.63) is 10.7 Å². The lowest BCUT2D eigenvalue weighted by molar-refractivity contribution is 0.0131. The zero-order valence-electron chi connectivity index (χ0n) is 8.74. The minimum atomic E-state index is -1.21. The van der Waals surface area contributed by atoms with Crippen LogP contribution in [0.1, 0.15) is 6.92 Å². The Balaban J connectivity index is 2.73. The molecular weight excluding hydrogens is 278 g/mol. The van der Waals surface area contributed by atoms with E-state index in [1.165, 1.54) is 13.1 Å². The Bertz CT molecular complexity index is 360. The van der Waals surface area contributed by atoms with Crippen molar-refractivity contribution < 1.29 is 10.2 Å². The van der Waals surface area contributed by atoms with Gasteiger partial charge in [0.05, 0.1) is 11.1 Å². The fourth-order valence-corrected chi connectivity index (χ4v) is 1.22. The molecule has 0 amide bonds. The van der Waals surface area contributed by atoms with Crippen molar-refractivity contribution in [1.29, 1.82) is 0 Å². The van der Waals surface area contributed by atoms with Crippen molar-refractivity contribution in [3.8, 4) is 0 Å². The average molecular weight is 292 g/mol. The molecule has 8 heteroatoms. The largest absolute Gasteiger partial charge is 0.393 e. The highest BCUT2D eigenvalue weighted by Gasteiger charge is 2.19. The van der Waals surface area contributed by atoms with Crippen LogP contribution in [0.2, 0.25) is 0 Å². The number of aromatic nitrogens is 2. The molecule has 0 aliphatic heterocycles. The lowest BCUT2D eigenvalue weighted by atomic mass is 10.1. The summed E-state index contributed by atoms with van der Waals surface area (Å²) in [6.07, 6.45) is 1.53. The second-order valence-corrected chi connectivity index (χ2v) is 4.40. The summed E-state index contributed by atoms with van der Waals surface area (Å²) in [4.78, 5) is 7.91. The SMILES string of the molecule is CC(O)(CO)CNc1nc(NN)ncc1Br. The first-order valence-corrected chi connectivity index (χ1v) is 5.34. The average Bonchev–Trinajstić information content (AvgIpc) is 2.28. The molecule has 0 aliphatic rings. The summed E-state index contributed by atoms with van der Waals surface area (Å²) in [6, 6.07) is 0. The van der Waals surface area contributed by atoms with Crippen LogP contribution in [0.5, 0.6) is 0 Å². The molecular formula is C8H14BrN5O2. The van der Waals surface area contributed by atoms with Gasteiger partial charge >= 0.3 is 0 Å². The van der Waals surface area contributed by atoms with E-state index in [-0.39, 0.29) is 19.1 Å². The summed E-state index contributed by atoms with van der Waals surface area (Å²) < 4.78 is 0.639. The van der Waals surface area contributed by atoms with E-state index in [1.54, 1.807) is 0 Å². The molecule has 7 nitrogen and oxygen atoms in total. The number of hydrazine groups is 1. The highest BCUT2D eigenvalue weighted by Crippen LogP contribution is 2.20. The number of nitrogens with zero attached hydrogens (tertiary/aromatic N) is 2. The lowest BCUT2D eigenvalue weighted by Crippen LogP contribution is -2.37. The molecule has 0 fully saturated rings. The second-order valence-electron chi connectivity index (χ2n) is 3.54. The van der Waals surface area contributed by atoms with Crippen molar-refractivity contribution in [1.82, 2.24) is 9.97 Å². The van der Waals surface area contributed by atoms with E-state index in [4.69, 9.17) is 10.9 Å². The predicted molar refractivity (Wildman–Crippen MR) is 63.7 cm³/mol.